The van der Waals surface area contributed by atoms with Gasteiger partial charge in [0.1, 0.15) is 18.2 Å². The van der Waals surface area contributed by atoms with Crippen molar-refractivity contribution in [1.82, 2.24) is 0 Å². The molecular weight excluding hydrogens is 259 g/mol. The molecule has 0 bridgehead atoms. The minimum atomic E-state index is -0.849. The minimum absolute atomic E-state index is 0.0614. The molecule has 0 fully saturated rings. The third kappa shape index (κ3) is 4.22. The molecule has 20 heavy (non-hydrogen) atoms. The lowest BCUT2D eigenvalue weighted by Gasteiger charge is -2.12. The summed E-state index contributed by atoms with van der Waals surface area (Å²) >= 11 is 0. The molecule has 0 heterocycles. The number of ether oxygens (including phenoxy) is 1. The molecule has 1 rings (SSSR count). The number of hydrogen-bond acceptors (Lipinski definition) is 3. The number of hydrogen-bond donors (Lipinski definition) is 1. The van der Waals surface area contributed by atoms with Crippen LogP contribution >= 0.6 is 0 Å². The number of rotatable bonds is 9. The summed E-state index contributed by atoms with van der Waals surface area (Å²) in [5, 5.41) is 10.0. The first kappa shape index (κ1) is 16.5. The third-order valence-electron chi connectivity index (χ3n) is 3.23. The van der Waals surface area contributed by atoms with Gasteiger partial charge in [-0.15, -0.1) is 0 Å². The maximum Gasteiger partial charge on any atom is 0.166 e. The second-order valence-electron chi connectivity index (χ2n) is 4.74. The molecule has 0 aliphatic carbocycles. The van der Waals surface area contributed by atoms with Gasteiger partial charge in [-0.25, -0.2) is 4.39 Å². The van der Waals surface area contributed by atoms with Gasteiger partial charge in [0, 0.05) is 6.42 Å². The predicted molar refractivity (Wildman–Crippen MR) is 77.2 cm³/mol. The summed E-state index contributed by atoms with van der Waals surface area (Å²) in [7, 11) is 0. The topological polar surface area (TPSA) is 46.5 Å². The van der Waals surface area contributed by atoms with E-state index in [4.69, 9.17) is 4.74 Å². The van der Waals surface area contributed by atoms with Crippen molar-refractivity contribution < 1.29 is 19.0 Å². The lowest BCUT2D eigenvalue weighted by Crippen LogP contribution is -2.03. The van der Waals surface area contributed by atoms with Gasteiger partial charge in [0.2, 0.25) is 0 Å². The number of phenolic OH excluding ortho intramolecular Hbond substituents is 1. The van der Waals surface area contributed by atoms with Crippen LogP contribution < -0.4 is 4.74 Å². The minimum Gasteiger partial charge on any atom is -0.507 e. The number of Topliss-reactive ketones (excluding diaryl/α,β-unsaturated/α-hetero) is 1. The number of phenols is 1. The predicted octanol–water partition coefficient (Wildman–Crippen LogP) is 4.41. The summed E-state index contributed by atoms with van der Waals surface area (Å²) < 4.78 is 18.3. The summed E-state index contributed by atoms with van der Waals surface area (Å²) in [6.45, 7) is 3.42. The zero-order valence-corrected chi connectivity index (χ0v) is 12.2. The van der Waals surface area contributed by atoms with Gasteiger partial charge in [-0.05, 0) is 25.5 Å². The standard InChI is InChI=1S/C16H23FO3/c1-3-5-6-7-8-14(18)12-9-10-15(20-4-2)13(11-17)16(12)19/h9-10,19H,3-8,11H2,1-2H3. The number of unbranched alkanes of at least 4 members (excludes halogenated alkanes) is 3. The molecule has 0 spiro atoms. The van der Waals surface area contributed by atoms with E-state index in [1.54, 1.807) is 13.0 Å². The summed E-state index contributed by atoms with van der Waals surface area (Å²) in [5.74, 6) is -0.120. The Morgan fingerprint density at radius 2 is 2.00 bits per heavy atom. The van der Waals surface area contributed by atoms with Crippen LogP contribution in [0.1, 0.15) is 61.9 Å². The van der Waals surface area contributed by atoms with Crippen molar-refractivity contribution in [2.45, 2.75) is 52.6 Å². The molecule has 1 N–H and O–H groups in total. The lowest BCUT2D eigenvalue weighted by atomic mass is 10.0. The third-order valence-corrected chi connectivity index (χ3v) is 3.23. The summed E-state index contributed by atoms with van der Waals surface area (Å²) in [6.07, 6.45) is 4.38. The van der Waals surface area contributed by atoms with Gasteiger partial charge in [-0.2, -0.15) is 0 Å². The fraction of sp³-hybridized carbons (Fsp3) is 0.562. The zero-order chi connectivity index (χ0) is 15.0. The number of aromatic hydroxyl groups is 1. The van der Waals surface area contributed by atoms with Gasteiger partial charge in [-0.1, -0.05) is 26.2 Å². The molecule has 0 atom stereocenters. The van der Waals surface area contributed by atoms with Crippen LogP contribution in [-0.4, -0.2) is 17.5 Å². The van der Waals surface area contributed by atoms with Crippen molar-refractivity contribution >= 4 is 5.78 Å². The smallest absolute Gasteiger partial charge is 0.166 e. The van der Waals surface area contributed by atoms with Gasteiger partial charge in [-0.3, -0.25) is 4.79 Å². The highest BCUT2D eigenvalue weighted by molar-refractivity contribution is 5.99. The second-order valence-corrected chi connectivity index (χ2v) is 4.74. The molecule has 0 unspecified atom stereocenters. The molecule has 0 aliphatic rings. The Hall–Kier alpha value is -1.58. The number of carbonyl (C=O) groups is 1. The molecule has 0 aliphatic heterocycles. The van der Waals surface area contributed by atoms with E-state index in [1.807, 2.05) is 0 Å². The van der Waals surface area contributed by atoms with Crippen molar-refractivity contribution in [2.75, 3.05) is 6.61 Å². The monoisotopic (exact) mass is 282 g/mol. The number of carbonyl (C=O) groups excluding carboxylic acids is 1. The summed E-state index contributed by atoms with van der Waals surface area (Å²) in [6, 6.07) is 3.07. The van der Waals surface area contributed by atoms with Crippen LogP contribution in [0.3, 0.4) is 0 Å². The maximum atomic E-state index is 13.0. The van der Waals surface area contributed by atoms with Crippen molar-refractivity contribution in [3.63, 3.8) is 0 Å². The van der Waals surface area contributed by atoms with Gasteiger partial charge in [0.25, 0.3) is 0 Å². The molecule has 1 aromatic rings. The molecule has 4 heteroatoms. The number of ketones is 1. The Labute approximate surface area is 119 Å². The Kier molecular flexibility index (Phi) is 7.05. The van der Waals surface area contributed by atoms with E-state index in [1.165, 1.54) is 6.07 Å². The first-order chi connectivity index (χ1) is 9.65. The normalized spacial score (nSPS) is 10.6. The molecule has 112 valence electrons. The fourth-order valence-electron chi connectivity index (χ4n) is 2.11. The highest BCUT2D eigenvalue weighted by atomic mass is 19.1. The molecule has 1 aromatic carbocycles. The van der Waals surface area contributed by atoms with E-state index < -0.39 is 6.67 Å². The van der Waals surface area contributed by atoms with E-state index >= 15 is 0 Å². The van der Waals surface area contributed by atoms with Crippen LogP contribution in [0.5, 0.6) is 11.5 Å². The van der Waals surface area contributed by atoms with Gasteiger partial charge < -0.3 is 9.84 Å². The van der Waals surface area contributed by atoms with Crippen LogP contribution in [0.2, 0.25) is 0 Å². The summed E-state index contributed by atoms with van der Waals surface area (Å²) in [5.41, 5.74) is 0.254. The maximum absolute atomic E-state index is 13.0. The van der Waals surface area contributed by atoms with E-state index in [0.717, 1.165) is 25.7 Å². The number of alkyl halides is 1. The fourth-order valence-corrected chi connectivity index (χ4v) is 2.11. The average Bonchev–Trinajstić information content (AvgIpc) is 2.44. The Morgan fingerprint density at radius 1 is 1.25 bits per heavy atom. The molecule has 0 saturated heterocycles. The van der Waals surface area contributed by atoms with E-state index in [-0.39, 0.29) is 22.7 Å². The number of benzene rings is 1. The molecule has 0 radical (unpaired) electrons. The summed E-state index contributed by atoms with van der Waals surface area (Å²) in [4.78, 5) is 12.0. The van der Waals surface area contributed by atoms with Gasteiger partial charge in [0.05, 0.1) is 17.7 Å². The molecule has 0 amide bonds. The number of halogens is 1. The van der Waals surface area contributed by atoms with Crippen LogP contribution in [0.15, 0.2) is 12.1 Å². The average molecular weight is 282 g/mol. The Bertz CT molecular complexity index is 444. The van der Waals surface area contributed by atoms with E-state index in [2.05, 4.69) is 6.92 Å². The van der Waals surface area contributed by atoms with Gasteiger partial charge in [0.15, 0.2) is 5.78 Å². The Balaban J connectivity index is 2.82. The second kappa shape index (κ2) is 8.56. The Morgan fingerprint density at radius 3 is 2.60 bits per heavy atom. The first-order valence-corrected chi connectivity index (χ1v) is 7.22. The van der Waals surface area contributed by atoms with E-state index in [9.17, 15) is 14.3 Å². The van der Waals surface area contributed by atoms with Crippen LogP contribution in [0, 0.1) is 0 Å². The van der Waals surface area contributed by atoms with Crippen molar-refractivity contribution in [3.05, 3.63) is 23.3 Å². The SMILES string of the molecule is CCCCCCC(=O)c1ccc(OCC)c(CF)c1O. The van der Waals surface area contributed by atoms with Crippen molar-refractivity contribution in [3.8, 4) is 11.5 Å². The molecular formula is C16H23FO3. The van der Waals surface area contributed by atoms with Crippen molar-refractivity contribution in [2.24, 2.45) is 0 Å². The molecule has 3 nitrogen and oxygen atoms in total. The van der Waals surface area contributed by atoms with E-state index in [0.29, 0.717) is 18.8 Å². The zero-order valence-electron chi connectivity index (χ0n) is 12.2. The van der Waals surface area contributed by atoms with Crippen LogP contribution in [0.25, 0.3) is 0 Å². The van der Waals surface area contributed by atoms with Crippen molar-refractivity contribution in [1.29, 1.82) is 0 Å². The lowest BCUT2D eigenvalue weighted by molar-refractivity contribution is 0.0976. The molecule has 0 aromatic heterocycles. The van der Waals surface area contributed by atoms with Crippen LogP contribution in [0.4, 0.5) is 4.39 Å². The largest absolute Gasteiger partial charge is 0.507 e. The highest BCUT2D eigenvalue weighted by Gasteiger charge is 2.18. The highest BCUT2D eigenvalue weighted by Crippen LogP contribution is 2.33. The molecule has 0 saturated carbocycles. The van der Waals surface area contributed by atoms with Gasteiger partial charge >= 0.3 is 0 Å². The quantitative estimate of drug-likeness (QED) is 0.539. The first-order valence-electron chi connectivity index (χ1n) is 7.22. The van der Waals surface area contributed by atoms with Crippen LogP contribution in [-0.2, 0) is 6.67 Å².